The van der Waals surface area contributed by atoms with Crippen LogP contribution in [-0.4, -0.2) is 36.0 Å². The maximum absolute atomic E-state index is 13.1. The molecule has 1 heterocycles. The van der Waals surface area contributed by atoms with Crippen LogP contribution < -0.4 is 9.64 Å². The molecule has 3 amide bonds. The Morgan fingerprint density at radius 1 is 1.08 bits per heavy atom. The second-order valence-corrected chi connectivity index (χ2v) is 6.03. The van der Waals surface area contributed by atoms with Crippen molar-refractivity contribution in [2.24, 2.45) is 0 Å². The Bertz CT molecular complexity index is 780. The molecule has 7 heteroatoms. The maximum atomic E-state index is 13.1. The Kier molecular flexibility index (Phi) is 4.90. The molecule has 0 saturated carbocycles. The number of benzene rings is 2. The summed E-state index contributed by atoms with van der Waals surface area (Å²) in [5.41, 5.74) is 0.480. The van der Waals surface area contributed by atoms with Crippen molar-refractivity contribution in [3.63, 3.8) is 0 Å². The molecule has 0 aliphatic carbocycles. The smallest absolute Gasteiger partial charge is 0.332 e. The molecule has 1 aliphatic rings. The molecule has 130 valence electrons. The lowest BCUT2D eigenvalue weighted by atomic mass is 10.2. The molecule has 1 fully saturated rings. The van der Waals surface area contributed by atoms with E-state index in [0.29, 0.717) is 16.5 Å². The average Bonchev–Trinajstić information content (AvgIpc) is 2.81. The van der Waals surface area contributed by atoms with Crippen molar-refractivity contribution in [1.29, 1.82) is 0 Å². The third-order valence-electron chi connectivity index (χ3n) is 3.95. The number of ether oxygens (including phenoxy) is 1. The molecule has 0 aromatic heterocycles. The van der Waals surface area contributed by atoms with Crippen LogP contribution in [0.4, 0.5) is 14.9 Å². The van der Waals surface area contributed by atoms with Crippen molar-refractivity contribution in [2.45, 2.75) is 13.0 Å². The second kappa shape index (κ2) is 7.11. The number of halogens is 2. The number of carbonyl (C=O) groups excluding carboxylic acids is 2. The van der Waals surface area contributed by atoms with Gasteiger partial charge in [-0.1, -0.05) is 11.6 Å². The molecule has 1 aliphatic heterocycles. The van der Waals surface area contributed by atoms with Crippen molar-refractivity contribution in [3.05, 3.63) is 59.4 Å². The third-order valence-corrected chi connectivity index (χ3v) is 4.20. The van der Waals surface area contributed by atoms with Crippen molar-refractivity contribution in [2.75, 3.05) is 18.1 Å². The Morgan fingerprint density at radius 3 is 2.36 bits per heavy atom. The van der Waals surface area contributed by atoms with E-state index in [1.807, 2.05) is 0 Å². The van der Waals surface area contributed by atoms with Gasteiger partial charge in [0, 0.05) is 10.7 Å². The Labute approximate surface area is 149 Å². The molecule has 2 aromatic rings. The van der Waals surface area contributed by atoms with E-state index in [0.717, 1.165) is 4.90 Å². The summed E-state index contributed by atoms with van der Waals surface area (Å²) in [6, 6.07) is 11.2. The van der Waals surface area contributed by atoms with Crippen LogP contribution in [0.3, 0.4) is 0 Å². The largest absolute Gasteiger partial charge is 0.492 e. The summed E-state index contributed by atoms with van der Waals surface area (Å²) in [6.07, 6.45) is 0. The molecule has 25 heavy (non-hydrogen) atoms. The summed E-state index contributed by atoms with van der Waals surface area (Å²) in [4.78, 5) is 27.4. The van der Waals surface area contributed by atoms with Crippen molar-refractivity contribution >= 4 is 29.2 Å². The molecule has 0 bridgehead atoms. The Hall–Kier alpha value is -2.60. The van der Waals surface area contributed by atoms with E-state index in [9.17, 15) is 14.0 Å². The van der Waals surface area contributed by atoms with E-state index in [4.69, 9.17) is 16.3 Å². The molecule has 0 spiro atoms. The van der Waals surface area contributed by atoms with Gasteiger partial charge in [0.25, 0.3) is 5.91 Å². The fourth-order valence-electron chi connectivity index (χ4n) is 2.65. The zero-order valence-electron chi connectivity index (χ0n) is 13.5. The number of rotatable bonds is 5. The van der Waals surface area contributed by atoms with E-state index < -0.39 is 17.9 Å². The molecule has 1 unspecified atom stereocenters. The standard InChI is InChI=1S/C18H16ClFN2O3/c1-12-17(23)21(10-11-25-16-8-2-13(19)3-9-16)18(24)22(12)15-6-4-14(20)5-7-15/h2-9,12H,10-11H2,1H3. The Morgan fingerprint density at radius 2 is 1.72 bits per heavy atom. The van der Waals surface area contributed by atoms with Crippen molar-refractivity contribution in [3.8, 4) is 5.75 Å². The molecule has 1 saturated heterocycles. The lowest BCUT2D eigenvalue weighted by Gasteiger charge is -2.19. The fourth-order valence-corrected chi connectivity index (χ4v) is 2.78. The van der Waals surface area contributed by atoms with E-state index in [-0.39, 0.29) is 19.1 Å². The minimum Gasteiger partial charge on any atom is -0.492 e. The molecule has 0 N–H and O–H groups in total. The number of imide groups is 1. The van der Waals surface area contributed by atoms with E-state index >= 15 is 0 Å². The van der Waals surface area contributed by atoms with Gasteiger partial charge in [0.05, 0.1) is 6.54 Å². The van der Waals surface area contributed by atoms with Crippen molar-refractivity contribution < 1.29 is 18.7 Å². The first-order valence-corrected chi connectivity index (χ1v) is 8.13. The number of anilines is 1. The van der Waals surface area contributed by atoms with E-state index in [2.05, 4.69) is 0 Å². The van der Waals surface area contributed by atoms with E-state index in [1.165, 1.54) is 29.2 Å². The van der Waals surface area contributed by atoms with Gasteiger partial charge in [-0.25, -0.2) is 9.18 Å². The number of urea groups is 1. The monoisotopic (exact) mass is 362 g/mol. The van der Waals surface area contributed by atoms with Gasteiger partial charge in [0.2, 0.25) is 0 Å². The van der Waals surface area contributed by atoms with Crippen LogP contribution in [0.5, 0.6) is 5.75 Å². The van der Waals surface area contributed by atoms with Crippen molar-refractivity contribution in [1.82, 2.24) is 4.90 Å². The first-order valence-electron chi connectivity index (χ1n) is 7.76. The summed E-state index contributed by atoms with van der Waals surface area (Å²) in [6.45, 7) is 1.94. The summed E-state index contributed by atoms with van der Waals surface area (Å²) in [7, 11) is 0. The van der Waals surface area contributed by atoms with Gasteiger partial charge in [0.1, 0.15) is 24.2 Å². The summed E-state index contributed by atoms with van der Waals surface area (Å²) < 4.78 is 18.6. The summed E-state index contributed by atoms with van der Waals surface area (Å²) >= 11 is 5.81. The van der Waals surface area contributed by atoms with Crippen LogP contribution in [0.2, 0.25) is 5.02 Å². The van der Waals surface area contributed by atoms with Gasteiger partial charge in [0.15, 0.2) is 0 Å². The summed E-state index contributed by atoms with van der Waals surface area (Å²) in [5, 5.41) is 0.598. The quantitative estimate of drug-likeness (QED) is 0.762. The third kappa shape index (κ3) is 3.58. The minimum atomic E-state index is -0.645. The zero-order valence-corrected chi connectivity index (χ0v) is 14.2. The predicted molar refractivity (Wildman–Crippen MR) is 92.4 cm³/mol. The highest BCUT2D eigenvalue weighted by Gasteiger charge is 2.43. The van der Waals surface area contributed by atoms with Gasteiger partial charge >= 0.3 is 6.03 Å². The minimum absolute atomic E-state index is 0.127. The number of amides is 3. The molecule has 5 nitrogen and oxygen atoms in total. The van der Waals surface area contributed by atoms with Crippen LogP contribution in [0.1, 0.15) is 6.92 Å². The average molecular weight is 363 g/mol. The van der Waals surface area contributed by atoms with Crippen LogP contribution in [0.15, 0.2) is 48.5 Å². The normalized spacial score (nSPS) is 17.3. The number of carbonyl (C=O) groups is 2. The zero-order chi connectivity index (χ0) is 18.0. The second-order valence-electron chi connectivity index (χ2n) is 5.60. The Balaban J connectivity index is 1.65. The number of hydrogen-bond donors (Lipinski definition) is 0. The lowest BCUT2D eigenvalue weighted by Crippen LogP contribution is -2.36. The predicted octanol–water partition coefficient (Wildman–Crippen LogP) is 3.72. The van der Waals surface area contributed by atoms with Gasteiger partial charge in [-0.3, -0.25) is 14.6 Å². The molecular weight excluding hydrogens is 347 g/mol. The SMILES string of the molecule is CC1C(=O)N(CCOc2ccc(Cl)cc2)C(=O)N1c1ccc(F)cc1. The van der Waals surface area contributed by atoms with Gasteiger partial charge in [-0.05, 0) is 55.5 Å². The first kappa shape index (κ1) is 17.2. The van der Waals surface area contributed by atoms with Crippen LogP contribution in [0.25, 0.3) is 0 Å². The van der Waals surface area contributed by atoms with Crippen LogP contribution >= 0.6 is 11.6 Å². The van der Waals surface area contributed by atoms with Crippen LogP contribution in [-0.2, 0) is 4.79 Å². The number of hydrogen-bond acceptors (Lipinski definition) is 3. The molecule has 2 aromatic carbocycles. The van der Waals surface area contributed by atoms with Crippen LogP contribution in [0, 0.1) is 5.82 Å². The highest BCUT2D eigenvalue weighted by atomic mass is 35.5. The summed E-state index contributed by atoms with van der Waals surface area (Å²) in [5.74, 6) is -0.108. The first-order chi connectivity index (χ1) is 12.0. The van der Waals surface area contributed by atoms with Gasteiger partial charge in [-0.15, -0.1) is 0 Å². The van der Waals surface area contributed by atoms with E-state index in [1.54, 1.807) is 31.2 Å². The molecule has 3 rings (SSSR count). The highest BCUT2D eigenvalue weighted by Crippen LogP contribution is 2.26. The maximum Gasteiger partial charge on any atom is 0.332 e. The number of nitrogens with zero attached hydrogens (tertiary/aromatic N) is 2. The molecule has 1 atom stereocenters. The molecular formula is C18H16ClFN2O3. The topological polar surface area (TPSA) is 49.9 Å². The van der Waals surface area contributed by atoms with Gasteiger partial charge in [-0.2, -0.15) is 0 Å². The fraction of sp³-hybridized carbons (Fsp3) is 0.222. The molecule has 0 radical (unpaired) electrons. The highest BCUT2D eigenvalue weighted by molar-refractivity contribution is 6.30. The lowest BCUT2D eigenvalue weighted by molar-refractivity contribution is -0.127. The van der Waals surface area contributed by atoms with Gasteiger partial charge < -0.3 is 4.74 Å².